The van der Waals surface area contributed by atoms with E-state index >= 15 is 0 Å². The van der Waals surface area contributed by atoms with Gasteiger partial charge in [0.25, 0.3) is 0 Å². The molecule has 0 saturated heterocycles. The molecular formula is C15H23NO3. The number of likely N-dealkylation sites (N-methyl/N-ethyl adjacent to an activating group) is 1. The van der Waals surface area contributed by atoms with Crippen molar-refractivity contribution in [2.75, 3.05) is 21.3 Å². The highest BCUT2D eigenvalue weighted by Crippen LogP contribution is 2.31. The van der Waals surface area contributed by atoms with Gasteiger partial charge in [-0.05, 0) is 37.6 Å². The van der Waals surface area contributed by atoms with E-state index in [1.165, 1.54) is 0 Å². The van der Waals surface area contributed by atoms with Crippen molar-refractivity contribution < 1.29 is 14.3 Å². The maximum Gasteiger partial charge on any atom is 0.180 e. The van der Waals surface area contributed by atoms with Gasteiger partial charge in [-0.1, -0.05) is 13.8 Å². The lowest BCUT2D eigenvalue weighted by molar-refractivity contribution is 0.0921. The van der Waals surface area contributed by atoms with Crippen LogP contribution in [0.3, 0.4) is 0 Å². The molecular weight excluding hydrogens is 242 g/mol. The van der Waals surface area contributed by atoms with E-state index in [0.717, 1.165) is 5.56 Å². The van der Waals surface area contributed by atoms with Gasteiger partial charge >= 0.3 is 0 Å². The van der Waals surface area contributed by atoms with Gasteiger partial charge in [-0.3, -0.25) is 4.79 Å². The van der Waals surface area contributed by atoms with E-state index in [2.05, 4.69) is 5.32 Å². The van der Waals surface area contributed by atoms with Crippen molar-refractivity contribution in [1.29, 1.82) is 0 Å². The minimum atomic E-state index is -0.197. The zero-order chi connectivity index (χ0) is 14.6. The first kappa shape index (κ1) is 15.5. The molecule has 0 heterocycles. The average Bonchev–Trinajstić information content (AvgIpc) is 2.38. The van der Waals surface area contributed by atoms with E-state index < -0.39 is 0 Å². The average molecular weight is 265 g/mol. The molecule has 0 aliphatic rings. The lowest BCUT2D eigenvalue weighted by Gasteiger charge is -2.20. The van der Waals surface area contributed by atoms with E-state index in [-0.39, 0.29) is 17.7 Å². The van der Waals surface area contributed by atoms with Gasteiger partial charge in [0.05, 0.1) is 20.3 Å². The molecule has 0 bridgehead atoms. The maximum atomic E-state index is 12.5. The molecule has 4 heteroatoms. The van der Waals surface area contributed by atoms with Crippen LogP contribution in [0.2, 0.25) is 0 Å². The maximum absolute atomic E-state index is 12.5. The summed E-state index contributed by atoms with van der Waals surface area (Å²) in [5.74, 6) is 1.53. The molecule has 4 nitrogen and oxygen atoms in total. The fraction of sp³-hybridized carbons (Fsp3) is 0.533. The van der Waals surface area contributed by atoms with Gasteiger partial charge < -0.3 is 14.8 Å². The Morgan fingerprint density at radius 1 is 1.16 bits per heavy atom. The molecule has 0 aromatic heterocycles. The number of ketones is 1. The van der Waals surface area contributed by atoms with Crippen LogP contribution in [0.15, 0.2) is 12.1 Å². The Labute approximate surface area is 115 Å². The number of benzene rings is 1. The van der Waals surface area contributed by atoms with Crippen LogP contribution >= 0.6 is 0 Å². The van der Waals surface area contributed by atoms with Gasteiger partial charge in [0, 0.05) is 5.56 Å². The standard InChI is InChI=1S/C15H23NO3/c1-9(2)14(16-4)15(17)11-8-13(19-6)12(18-5)7-10(11)3/h7-9,14,16H,1-6H3. The molecule has 0 spiro atoms. The molecule has 1 atom stereocenters. The summed E-state index contributed by atoms with van der Waals surface area (Å²) in [6.45, 7) is 5.95. The number of nitrogens with one attached hydrogen (secondary N) is 1. The number of hydrogen-bond acceptors (Lipinski definition) is 4. The highest BCUT2D eigenvalue weighted by Gasteiger charge is 2.24. The summed E-state index contributed by atoms with van der Waals surface area (Å²) < 4.78 is 10.5. The van der Waals surface area contributed by atoms with Crippen LogP contribution in [-0.4, -0.2) is 33.1 Å². The first-order chi connectivity index (χ1) is 8.96. The number of aryl methyl sites for hydroxylation is 1. The second-order valence-electron chi connectivity index (χ2n) is 4.90. The Morgan fingerprint density at radius 2 is 1.68 bits per heavy atom. The van der Waals surface area contributed by atoms with Crippen LogP contribution in [-0.2, 0) is 0 Å². The Morgan fingerprint density at radius 3 is 2.11 bits per heavy atom. The Bertz CT molecular complexity index is 455. The van der Waals surface area contributed by atoms with Crippen LogP contribution in [0.25, 0.3) is 0 Å². The fourth-order valence-electron chi connectivity index (χ4n) is 2.18. The predicted molar refractivity (Wildman–Crippen MR) is 76.3 cm³/mol. The monoisotopic (exact) mass is 265 g/mol. The Kier molecular flexibility index (Phi) is 5.36. The van der Waals surface area contributed by atoms with E-state index in [1.807, 2.05) is 26.8 Å². The fourth-order valence-corrected chi connectivity index (χ4v) is 2.18. The smallest absolute Gasteiger partial charge is 0.180 e. The van der Waals surface area contributed by atoms with E-state index in [4.69, 9.17) is 9.47 Å². The number of rotatable bonds is 6. The molecule has 1 aromatic carbocycles. The molecule has 1 N–H and O–H groups in total. The molecule has 1 unspecified atom stereocenters. The molecule has 0 amide bonds. The van der Waals surface area contributed by atoms with E-state index in [9.17, 15) is 4.79 Å². The summed E-state index contributed by atoms with van der Waals surface area (Å²) in [6.07, 6.45) is 0. The largest absolute Gasteiger partial charge is 0.493 e. The third kappa shape index (κ3) is 3.26. The second kappa shape index (κ2) is 6.57. The topological polar surface area (TPSA) is 47.6 Å². The van der Waals surface area contributed by atoms with Gasteiger partial charge in [-0.2, -0.15) is 0 Å². The molecule has 1 rings (SSSR count). The molecule has 106 valence electrons. The van der Waals surface area contributed by atoms with Crippen molar-refractivity contribution in [3.63, 3.8) is 0 Å². The first-order valence-electron chi connectivity index (χ1n) is 6.40. The van der Waals surface area contributed by atoms with Crippen molar-refractivity contribution in [2.24, 2.45) is 5.92 Å². The van der Waals surface area contributed by atoms with E-state index in [0.29, 0.717) is 17.1 Å². The summed E-state index contributed by atoms with van der Waals surface area (Å²) in [4.78, 5) is 12.5. The lowest BCUT2D eigenvalue weighted by atomic mass is 9.92. The van der Waals surface area contributed by atoms with Crippen LogP contribution in [0.4, 0.5) is 0 Å². The summed E-state index contributed by atoms with van der Waals surface area (Å²) in [6, 6.07) is 3.39. The number of carbonyl (C=O) groups excluding carboxylic acids is 1. The first-order valence-corrected chi connectivity index (χ1v) is 6.40. The lowest BCUT2D eigenvalue weighted by Crippen LogP contribution is -2.38. The van der Waals surface area contributed by atoms with E-state index in [1.54, 1.807) is 27.3 Å². The van der Waals surface area contributed by atoms with Gasteiger partial charge in [0.15, 0.2) is 17.3 Å². The molecule has 0 aliphatic carbocycles. The number of carbonyl (C=O) groups is 1. The minimum Gasteiger partial charge on any atom is -0.493 e. The van der Waals surface area contributed by atoms with Crippen molar-refractivity contribution in [3.8, 4) is 11.5 Å². The zero-order valence-electron chi connectivity index (χ0n) is 12.5. The molecule has 0 radical (unpaired) electrons. The van der Waals surface area contributed by atoms with Gasteiger partial charge in [-0.15, -0.1) is 0 Å². The number of methoxy groups -OCH3 is 2. The van der Waals surface area contributed by atoms with Crippen LogP contribution in [0, 0.1) is 12.8 Å². The van der Waals surface area contributed by atoms with Crippen molar-refractivity contribution in [2.45, 2.75) is 26.8 Å². The van der Waals surface area contributed by atoms with Crippen molar-refractivity contribution in [1.82, 2.24) is 5.32 Å². The normalized spacial score (nSPS) is 12.4. The molecule has 0 aliphatic heterocycles. The summed E-state index contributed by atoms with van der Waals surface area (Å²) in [5, 5.41) is 3.07. The number of ether oxygens (including phenoxy) is 2. The summed E-state index contributed by atoms with van der Waals surface area (Å²) >= 11 is 0. The van der Waals surface area contributed by atoms with Crippen molar-refractivity contribution >= 4 is 5.78 Å². The quantitative estimate of drug-likeness (QED) is 0.803. The molecule has 1 aromatic rings. The van der Waals surface area contributed by atoms with Gasteiger partial charge in [-0.25, -0.2) is 0 Å². The Hall–Kier alpha value is -1.55. The second-order valence-corrected chi connectivity index (χ2v) is 4.90. The number of Topliss-reactive ketones (excluding diaryl/α,β-unsaturated/α-hetero) is 1. The van der Waals surface area contributed by atoms with Crippen LogP contribution in [0.5, 0.6) is 11.5 Å². The van der Waals surface area contributed by atoms with Crippen LogP contribution in [0.1, 0.15) is 29.8 Å². The highest BCUT2D eigenvalue weighted by atomic mass is 16.5. The molecule has 19 heavy (non-hydrogen) atoms. The van der Waals surface area contributed by atoms with Gasteiger partial charge in [0.1, 0.15) is 0 Å². The highest BCUT2D eigenvalue weighted by molar-refractivity contribution is 6.02. The van der Waals surface area contributed by atoms with Crippen molar-refractivity contribution in [3.05, 3.63) is 23.3 Å². The molecule has 0 saturated carbocycles. The zero-order valence-corrected chi connectivity index (χ0v) is 12.5. The summed E-state index contributed by atoms with van der Waals surface area (Å²) in [7, 11) is 4.96. The minimum absolute atomic E-state index is 0.0796. The van der Waals surface area contributed by atoms with Gasteiger partial charge in [0.2, 0.25) is 0 Å². The van der Waals surface area contributed by atoms with Crippen LogP contribution < -0.4 is 14.8 Å². The summed E-state index contributed by atoms with van der Waals surface area (Å²) in [5.41, 5.74) is 1.56. The third-order valence-electron chi connectivity index (χ3n) is 3.26. The number of hydrogen-bond donors (Lipinski definition) is 1. The Balaban J connectivity index is 3.23. The predicted octanol–water partition coefficient (Wildman–Crippen LogP) is 2.44. The third-order valence-corrected chi connectivity index (χ3v) is 3.26. The SMILES string of the molecule is CNC(C(=O)c1cc(OC)c(OC)cc1C)C(C)C. The molecule has 0 fully saturated rings.